The van der Waals surface area contributed by atoms with Crippen molar-refractivity contribution < 1.29 is 28.2 Å². The Kier molecular flexibility index (Phi) is 14.4. The second kappa shape index (κ2) is 16.0. The van der Waals surface area contributed by atoms with Crippen molar-refractivity contribution in [2.24, 2.45) is 5.92 Å². The minimum absolute atomic E-state index is 0.00127. The van der Waals surface area contributed by atoms with E-state index in [0.717, 1.165) is 19.3 Å². The van der Waals surface area contributed by atoms with Crippen LogP contribution in [0, 0.1) is 5.92 Å². The van der Waals surface area contributed by atoms with E-state index in [-0.39, 0.29) is 28.2 Å². The molecule has 45 heavy (non-hydrogen) atoms. The fraction of sp³-hybridized carbons (Fsp3) is 0.784. The Morgan fingerprint density at radius 1 is 1.00 bits per heavy atom. The number of hydrogen-bond donors (Lipinski definition) is 1. The molecule has 1 aromatic rings. The van der Waals surface area contributed by atoms with Crippen LogP contribution in [0.4, 0.5) is 0 Å². The van der Waals surface area contributed by atoms with Crippen molar-refractivity contribution in [2.75, 3.05) is 20.3 Å². The molecular formula is C37H68O6Si2. The van der Waals surface area contributed by atoms with Crippen molar-refractivity contribution in [3.63, 3.8) is 0 Å². The normalized spacial score (nSPS) is 24.9. The molecule has 6 nitrogen and oxygen atoms in total. The molecule has 1 saturated heterocycles. The SMILES string of the molecule is CO[C@@]1(C)CC[C@H]([C@](C)(CCOCc2ccccc2)O[Si](C)(C)C(C)(C)C)O[C@@H]1C/C=C/[C@@H](O)[C@@H](C)CO[Si](C)(C)C(C)(C)C. The first-order valence-electron chi connectivity index (χ1n) is 17.1. The molecule has 0 aliphatic carbocycles. The maximum Gasteiger partial charge on any atom is 0.192 e. The van der Waals surface area contributed by atoms with Gasteiger partial charge in [0, 0.05) is 32.7 Å². The first-order chi connectivity index (χ1) is 20.6. The van der Waals surface area contributed by atoms with Gasteiger partial charge in [-0.25, -0.2) is 0 Å². The quantitative estimate of drug-likeness (QED) is 0.108. The second-order valence-corrected chi connectivity index (χ2v) is 26.4. The maximum atomic E-state index is 11.0. The number of aliphatic hydroxyl groups is 1. The van der Waals surface area contributed by atoms with Crippen molar-refractivity contribution >= 4 is 16.6 Å². The van der Waals surface area contributed by atoms with Gasteiger partial charge >= 0.3 is 0 Å². The molecule has 1 aliphatic heterocycles. The summed E-state index contributed by atoms with van der Waals surface area (Å²) in [5.41, 5.74) is 0.236. The fourth-order valence-corrected chi connectivity index (χ4v) is 8.03. The Morgan fingerprint density at radius 3 is 2.16 bits per heavy atom. The summed E-state index contributed by atoms with van der Waals surface area (Å²) in [5.74, 6) is 0.00127. The minimum Gasteiger partial charge on any atom is -0.416 e. The highest BCUT2D eigenvalue weighted by Crippen LogP contribution is 2.45. The summed E-state index contributed by atoms with van der Waals surface area (Å²) < 4.78 is 32.8. The van der Waals surface area contributed by atoms with Gasteiger partial charge in [-0.3, -0.25) is 0 Å². The standard InChI is InChI=1S/C37H68O6Si2/c1-29(27-41-44(11,12)34(2,3)4)31(38)21-18-22-32-36(8,39-10)24-23-33(42-32)37(9,43-45(13,14)35(5,6)7)25-26-40-28-30-19-16-15-17-20-30/h15-21,29,31-33,38H,22-28H2,1-14H3/b21-18+/t29-,31+,32+,33+,36-,37-/m0/s1. The van der Waals surface area contributed by atoms with Gasteiger partial charge in [0.15, 0.2) is 16.6 Å². The average molecular weight is 665 g/mol. The van der Waals surface area contributed by atoms with E-state index in [9.17, 15) is 5.11 Å². The Labute approximate surface area is 278 Å². The number of hydrogen-bond acceptors (Lipinski definition) is 6. The molecule has 0 unspecified atom stereocenters. The number of ether oxygens (including phenoxy) is 3. The lowest BCUT2D eigenvalue weighted by Crippen LogP contribution is -2.59. The summed E-state index contributed by atoms with van der Waals surface area (Å²) >= 11 is 0. The predicted molar refractivity (Wildman–Crippen MR) is 193 cm³/mol. The zero-order valence-corrected chi connectivity index (χ0v) is 33.3. The van der Waals surface area contributed by atoms with E-state index in [4.69, 9.17) is 23.1 Å². The van der Waals surface area contributed by atoms with E-state index < -0.39 is 33.9 Å². The molecule has 1 aromatic carbocycles. The molecule has 1 fully saturated rings. The summed E-state index contributed by atoms with van der Waals surface area (Å²) in [4.78, 5) is 0. The molecule has 0 bridgehead atoms. The summed E-state index contributed by atoms with van der Waals surface area (Å²) in [6.45, 7) is 30.9. The number of rotatable bonds is 16. The van der Waals surface area contributed by atoms with Gasteiger partial charge in [-0.05, 0) is 74.9 Å². The molecule has 0 amide bonds. The lowest BCUT2D eigenvalue weighted by molar-refractivity contribution is -0.220. The molecule has 260 valence electrons. The number of benzene rings is 1. The van der Waals surface area contributed by atoms with Crippen LogP contribution in [0.3, 0.4) is 0 Å². The zero-order chi connectivity index (χ0) is 34.3. The monoisotopic (exact) mass is 664 g/mol. The van der Waals surface area contributed by atoms with Crippen molar-refractivity contribution in [2.45, 2.75) is 160 Å². The molecule has 8 heteroatoms. The van der Waals surface area contributed by atoms with E-state index in [1.807, 2.05) is 24.3 Å². The van der Waals surface area contributed by atoms with Gasteiger partial charge in [0.2, 0.25) is 0 Å². The van der Waals surface area contributed by atoms with Crippen LogP contribution in [0.15, 0.2) is 42.5 Å². The van der Waals surface area contributed by atoms with Crippen LogP contribution in [0.1, 0.15) is 93.6 Å². The Balaban J connectivity index is 2.17. The van der Waals surface area contributed by atoms with Crippen LogP contribution in [-0.4, -0.2) is 71.6 Å². The molecule has 1 N–H and O–H groups in total. The summed E-state index contributed by atoms with van der Waals surface area (Å²) in [5, 5.41) is 11.2. The van der Waals surface area contributed by atoms with E-state index in [2.05, 4.69) is 107 Å². The van der Waals surface area contributed by atoms with Crippen LogP contribution in [0.25, 0.3) is 0 Å². The second-order valence-electron chi connectivity index (χ2n) is 16.8. The van der Waals surface area contributed by atoms with E-state index in [1.165, 1.54) is 5.56 Å². The topological polar surface area (TPSA) is 66.4 Å². The Hall–Kier alpha value is -0.846. The van der Waals surface area contributed by atoms with Crippen molar-refractivity contribution in [1.29, 1.82) is 0 Å². The predicted octanol–water partition coefficient (Wildman–Crippen LogP) is 9.29. The van der Waals surface area contributed by atoms with Gasteiger partial charge < -0.3 is 28.2 Å². The molecule has 2 rings (SSSR count). The van der Waals surface area contributed by atoms with E-state index >= 15 is 0 Å². The summed E-state index contributed by atoms with van der Waals surface area (Å²) in [7, 11) is -2.22. The third-order valence-electron chi connectivity index (χ3n) is 11.0. The molecule has 1 aliphatic rings. The van der Waals surface area contributed by atoms with Gasteiger partial charge in [0.25, 0.3) is 0 Å². The lowest BCUT2D eigenvalue weighted by Gasteiger charge is -2.52. The third-order valence-corrected chi connectivity index (χ3v) is 20.1. The van der Waals surface area contributed by atoms with Crippen molar-refractivity contribution in [3.05, 3.63) is 48.0 Å². The molecule has 6 atom stereocenters. The molecular weight excluding hydrogens is 597 g/mol. The molecule has 0 spiro atoms. The maximum absolute atomic E-state index is 11.0. The van der Waals surface area contributed by atoms with Crippen molar-refractivity contribution in [1.82, 2.24) is 0 Å². The third kappa shape index (κ3) is 11.4. The van der Waals surface area contributed by atoms with Gasteiger partial charge in [0.1, 0.15) is 0 Å². The van der Waals surface area contributed by atoms with Gasteiger partial charge in [-0.2, -0.15) is 0 Å². The number of methoxy groups -OCH3 is 1. The van der Waals surface area contributed by atoms with Gasteiger partial charge in [0.05, 0.1) is 36.1 Å². The Bertz CT molecular complexity index is 1050. The molecule has 0 aromatic heterocycles. The largest absolute Gasteiger partial charge is 0.416 e. The smallest absolute Gasteiger partial charge is 0.192 e. The highest BCUT2D eigenvalue weighted by Gasteiger charge is 2.51. The first-order valence-corrected chi connectivity index (χ1v) is 22.9. The van der Waals surface area contributed by atoms with Crippen LogP contribution >= 0.6 is 0 Å². The molecule has 0 saturated carbocycles. The van der Waals surface area contributed by atoms with Crippen LogP contribution in [0.5, 0.6) is 0 Å². The van der Waals surface area contributed by atoms with Crippen molar-refractivity contribution in [3.8, 4) is 0 Å². The first kappa shape index (κ1) is 40.3. The van der Waals surface area contributed by atoms with Gasteiger partial charge in [-0.15, -0.1) is 0 Å². The van der Waals surface area contributed by atoms with Crippen LogP contribution in [0.2, 0.25) is 36.3 Å². The van der Waals surface area contributed by atoms with Crippen LogP contribution in [-0.2, 0) is 29.7 Å². The highest BCUT2D eigenvalue weighted by atomic mass is 28.4. The number of aliphatic hydroxyl groups excluding tert-OH is 1. The lowest BCUT2D eigenvalue weighted by atomic mass is 9.81. The zero-order valence-electron chi connectivity index (χ0n) is 31.3. The summed E-state index contributed by atoms with van der Waals surface area (Å²) in [6, 6.07) is 10.3. The molecule has 1 heterocycles. The van der Waals surface area contributed by atoms with E-state index in [0.29, 0.717) is 26.2 Å². The Morgan fingerprint density at radius 2 is 1.60 bits per heavy atom. The summed E-state index contributed by atoms with van der Waals surface area (Å²) in [6.07, 6.45) is 6.22. The molecule has 0 radical (unpaired) electrons. The minimum atomic E-state index is -2.12. The van der Waals surface area contributed by atoms with E-state index in [1.54, 1.807) is 7.11 Å². The van der Waals surface area contributed by atoms with Crippen LogP contribution < -0.4 is 0 Å². The average Bonchev–Trinajstić information content (AvgIpc) is 2.94. The van der Waals surface area contributed by atoms with Gasteiger partial charge in [-0.1, -0.05) is 91.0 Å². The highest BCUT2D eigenvalue weighted by molar-refractivity contribution is 6.74. The fourth-order valence-electron chi connectivity index (χ4n) is 5.22.